The van der Waals surface area contributed by atoms with E-state index in [0.29, 0.717) is 5.75 Å². The van der Waals surface area contributed by atoms with Crippen molar-refractivity contribution in [2.45, 2.75) is 6.54 Å². The van der Waals surface area contributed by atoms with Gasteiger partial charge in [0, 0.05) is 30.7 Å². The summed E-state index contributed by atoms with van der Waals surface area (Å²) in [5.74, 6) is 0.133. The number of nitrogens with one attached hydrogen (secondary N) is 2. The van der Waals surface area contributed by atoms with Crippen LogP contribution in [0.25, 0.3) is 0 Å². The number of ether oxygens (including phenoxy) is 1. The number of hydrogen-bond acceptors (Lipinski definition) is 3. The first-order valence-corrected chi connectivity index (χ1v) is 5.61. The van der Waals surface area contributed by atoms with Crippen LogP contribution in [0.2, 0.25) is 0 Å². The number of carbonyl (C=O) groups excluding carboxylic acids is 1. The molecular formula is C13H15N3O2. The van der Waals surface area contributed by atoms with Crippen LogP contribution in [0.4, 0.5) is 5.69 Å². The van der Waals surface area contributed by atoms with Crippen LogP contribution < -0.4 is 15.8 Å². The van der Waals surface area contributed by atoms with Crippen molar-refractivity contribution in [3.8, 4) is 5.75 Å². The van der Waals surface area contributed by atoms with E-state index < -0.39 is 5.91 Å². The molecule has 94 valence electrons. The number of rotatable bonds is 6. The van der Waals surface area contributed by atoms with E-state index in [2.05, 4.69) is 10.3 Å². The zero-order valence-corrected chi connectivity index (χ0v) is 9.85. The minimum absolute atomic E-state index is 0.110. The zero-order valence-electron chi connectivity index (χ0n) is 9.85. The van der Waals surface area contributed by atoms with Crippen LogP contribution in [0.15, 0.2) is 42.7 Å². The molecule has 0 bridgehead atoms. The van der Waals surface area contributed by atoms with Gasteiger partial charge in [0.2, 0.25) is 0 Å². The van der Waals surface area contributed by atoms with E-state index in [1.165, 1.54) is 5.56 Å². The van der Waals surface area contributed by atoms with Crippen LogP contribution in [0.3, 0.4) is 0 Å². The first kappa shape index (κ1) is 12.0. The smallest absolute Gasteiger partial charge is 0.255 e. The first-order chi connectivity index (χ1) is 8.74. The van der Waals surface area contributed by atoms with E-state index in [1.807, 2.05) is 36.7 Å². The van der Waals surface area contributed by atoms with Crippen molar-refractivity contribution in [3.05, 3.63) is 48.3 Å². The number of aromatic amines is 1. The summed E-state index contributed by atoms with van der Waals surface area (Å²) >= 11 is 0. The number of carbonyl (C=O) groups is 1. The molecule has 0 radical (unpaired) electrons. The molecule has 0 aliphatic heterocycles. The van der Waals surface area contributed by atoms with Gasteiger partial charge >= 0.3 is 0 Å². The molecule has 1 aromatic heterocycles. The maximum Gasteiger partial charge on any atom is 0.255 e. The molecule has 0 fully saturated rings. The maximum absolute atomic E-state index is 10.6. The van der Waals surface area contributed by atoms with Gasteiger partial charge in [-0.1, -0.05) is 6.07 Å². The Kier molecular flexibility index (Phi) is 3.86. The summed E-state index contributed by atoms with van der Waals surface area (Å²) in [6, 6.07) is 9.40. The minimum Gasteiger partial charge on any atom is -0.484 e. The normalized spacial score (nSPS) is 10.0. The summed E-state index contributed by atoms with van der Waals surface area (Å²) < 4.78 is 5.22. The van der Waals surface area contributed by atoms with E-state index >= 15 is 0 Å². The number of aromatic nitrogens is 1. The highest BCUT2D eigenvalue weighted by Gasteiger charge is 1.99. The number of primary amides is 1. The quantitative estimate of drug-likeness (QED) is 0.721. The fraction of sp³-hybridized carbons (Fsp3) is 0.154. The lowest BCUT2D eigenvalue weighted by Crippen LogP contribution is -2.20. The Balaban J connectivity index is 1.92. The van der Waals surface area contributed by atoms with Crippen LogP contribution in [-0.2, 0) is 11.3 Å². The van der Waals surface area contributed by atoms with Gasteiger partial charge in [-0.2, -0.15) is 0 Å². The van der Waals surface area contributed by atoms with Crippen molar-refractivity contribution >= 4 is 11.6 Å². The fourth-order valence-electron chi connectivity index (χ4n) is 1.52. The molecule has 1 heterocycles. The SMILES string of the molecule is NC(=O)COc1cccc(NCc2cc[nH]c2)c1. The standard InChI is InChI=1S/C13H15N3O2/c14-13(17)9-18-12-3-1-2-11(6-12)16-8-10-4-5-15-7-10/h1-7,15-16H,8-9H2,(H2,14,17). The largest absolute Gasteiger partial charge is 0.484 e. The van der Waals surface area contributed by atoms with Gasteiger partial charge in [-0.3, -0.25) is 4.79 Å². The van der Waals surface area contributed by atoms with E-state index in [-0.39, 0.29) is 6.61 Å². The highest BCUT2D eigenvalue weighted by atomic mass is 16.5. The number of hydrogen-bond donors (Lipinski definition) is 3. The van der Waals surface area contributed by atoms with Crippen LogP contribution >= 0.6 is 0 Å². The predicted molar refractivity (Wildman–Crippen MR) is 69.3 cm³/mol. The van der Waals surface area contributed by atoms with Gasteiger partial charge in [0.1, 0.15) is 5.75 Å². The van der Waals surface area contributed by atoms with Gasteiger partial charge in [-0.15, -0.1) is 0 Å². The third kappa shape index (κ3) is 3.55. The second-order valence-electron chi connectivity index (χ2n) is 3.86. The maximum atomic E-state index is 10.6. The molecule has 1 amide bonds. The average molecular weight is 245 g/mol. The van der Waals surface area contributed by atoms with Crippen LogP contribution in [-0.4, -0.2) is 17.5 Å². The topological polar surface area (TPSA) is 80.1 Å². The molecule has 1 aromatic carbocycles. The van der Waals surface area contributed by atoms with Crippen LogP contribution in [0, 0.1) is 0 Å². The molecule has 0 atom stereocenters. The molecule has 18 heavy (non-hydrogen) atoms. The number of anilines is 1. The van der Waals surface area contributed by atoms with Crippen molar-refractivity contribution in [2.75, 3.05) is 11.9 Å². The molecule has 0 aliphatic rings. The van der Waals surface area contributed by atoms with E-state index in [1.54, 1.807) is 6.07 Å². The lowest BCUT2D eigenvalue weighted by Gasteiger charge is -2.08. The number of amides is 1. The van der Waals surface area contributed by atoms with E-state index in [0.717, 1.165) is 12.2 Å². The number of nitrogens with two attached hydrogens (primary N) is 1. The predicted octanol–water partition coefficient (Wildman–Crippen LogP) is 1.49. The lowest BCUT2D eigenvalue weighted by molar-refractivity contribution is -0.119. The Morgan fingerprint density at radius 1 is 1.39 bits per heavy atom. The van der Waals surface area contributed by atoms with Crippen molar-refractivity contribution in [1.29, 1.82) is 0 Å². The van der Waals surface area contributed by atoms with E-state index in [4.69, 9.17) is 10.5 Å². The second kappa shape index (κ2) is 5.77. The van der Waals surface area contributed by atoms with Gasteiger partial charge in [0.05, 0.1) is 0 Å². The molecule has 5 nitrogen and oxygen atoms in total. The third-order valence-electron chi connectivity index (χ3n) is 2.37. The molecule has 0 unspecified atom stereocenters. The van der Waals surface area contributed by atoms with E-state index in [9.17, 15) is 4.79 Å². The van der Waals surface area contributed by atoms with Crippen molar-refractivity contribution in [1.82, 2.24) is 4.98 Å². The molecule has 0 saturated carbocycles. The van der Waals surface area contributed by atoms with Gasteiger partial charge in [0.15, 0.2) is 6.61 Å². The summed E-state index contributed by atoms with van der Waals surface area (Å²) in [5.41, 5.74) is 7.11. The summed E-state index contributed by atoms with van der Waals surface area (Å²) in [7, 11) is 0. The number of H-pyrrole nitrogens is 1. The average Bonchev–Trinajstić information content (AvgIpc) is 2.87. The summed E-state index contributed by atoms with van der Waals surface area (Å²) in [4.78, 5) is 13.6. The Morgan fingerprint density at radius 2 is 2.28 bits per heavy atom. The molecule has 0 spiro atoms. The van der Waals surface area contributed by atoms with Crippen molar-refractivity contribution < 1.29 is 9.53 Å². The summed E-state index contributed by atoms with van der Waals surface area (Å²) in [5, 5.41) is 3.26. The first-order valence-electron chi connectivity index (χ1n) is 5.61. The molecule has 0 aliphatic carbocycles. The minimum atomic E-state index is -0.485. The third-order valence-corrected chi connectivity index (χ3v) is 2.37. The fourth-order valence-corrected chi connectivity index (χ4v) is 1.52. The zero-order chi connectivity index (χ0) is 12.8. The Labute approximate surface area is 105 Å². The molecule has 5 heteroatoms. The molecule has 4 N–H and O–H groups in total. The van der Waals surface area contributed by atoms with Gasteiger partial charge in [-0.05, 0) is 23.8 Å². The van der Waals surface area contributed by atoms with Crippen molar-refractivity contribution in [2.24, 2.45) is 5.73 Å². The van der Waals surface area contributed by atoms with Gasteiger partial charge in [-0.25, -0.2) is 0 Å². The van der Waals surface area contributed by atoms with Gasteiger partial charge in [0.25, 0.3) is 5.91 Å². The summed E-state index contributed by atoms with van der Waals surface area (Å²) in [6.07, 6.45) is 3.81. The van der Waals surface area contributed by atoms with Gasteiger partial charge < -0.3 is 20.8 Å². The van der Waals surface area contributed by atoms with Crippen molar-refractivity contribution in [3.63, 3.8) is 0 Å². The second-order valence-corrected chi connectivity index (χ2v) is 3.86. The molecule has 0 saturated heterocycles. The highest BCUT2D eigenvalue weighted by molar-refractivity contribution is 5.75. The van der Waals surface area contributed by atoms with Crippen LogP contribution in [0.1, 0.15) is 5.56 Å². The Hall–Kier alpha value is -2.43. The lowest BCUT2D eigenvalue weighted by atomic mass is 10.2. The van der Waals surface area contributed by atoms with Crippen LogP contribution in [0.5, 0.6) is 5.75 Å². The molecule has 2 rings (SSSR count). The highest BCUT2D eigenvalue weighted by Crippen LogP contribution is 2.17. The summed E-state index contributed by atoms with van der Waals surface area (Å²) in [6.45, 7) is 0.615. The Morgan fingerprint density at radius 3 is 3.00 bits per heavy atom. The number of benzene rings is 1. The Bertz CT molecular complexity index is 509. The monoisotopic (exact) mass is 245 g/mol. The molecular weight excluding hydrogens is 230 g/mol. The molecule has 2 aromatic rings.